The second-order valence-electron chi connectivity index (χ2n) is 6.45. The predicted octanol–water partition coefficient (Wildman–Crippen LogP) is 2.16. The van der Waals surface area contributed by atoms with Crippen LogP contribution in [0.1, 0.15) is 49.6 Å². The Morgan fingerprint density at radius 1 is 1.28 bits per heavy atom. The van der Waals surface area contributed by atoms with Crippen LogP contribution in [-0.4, -0.2) is 56.2 Å². The molecule has 1 heterocycles. The molecule has 0 saturated heterocycles. The quantitative estimate of drug-likeness (QED) is 0.424. The smallest absolute Gasteiger partial charge is 0.341 e. The number of furan rings is 1. The minimum absolute atomic E-state index is 0.391. The lowest BCUT2D eigenvalue weighted by molar-refractivity contribution is 0.0599. The third-order valence-corrected chi connectivity index (χ3v) is 4.02. The maximum Gasteiger partial charge on any atom is 0.341 e. The Labute approximate surface area is 150 Å². The number of aliphatic imine (C=N–C) groups is 1. The van der Waals surface area contributed by atoms with Crippen molar-refractivity contribution >= 4 is 11.9 Å². The van der Waals surface area contributed by atoms with Crippen LogP contribution in [0.4, 0.5) is 0 Å². The lowest BCUT2D eigenvalue weighted by Crippen LogP contribution is -2.45. The molecule has 0 atom stereocenters. The second kappa shape index (κ2) is 10.1. The number of esters is 1. The summed E-state index contributed by atoms with van der Waals surface area (Å²) in [5, 5.41) is 6.49. The summed E-state index contributed by atoms with van der Waals surface area (Å²) in [7, 11) is 3.08. The van der Waals surface area contributed by atoms with Gasteiger partial charge in [-0.1, -0.05) is 0 Å². The van der Waals surface area contributed by atoms with E-state index < -0.39 is 5.97 Å². The van der Waals surface area contributed by atoms with Crippen LogP contribution in [0.5, 0.6) is 0 Å². The molecule has 0 unspecified atom stereocenters. The van der Waals surface area contributed by atoms with Gasteiger partial charge in [0.25, 0.3) is 0 Å². The number of aryl methyl sites for hydroxylation is 1. The molecule has 1 aromatic rings. The largest absolute Gasteiger partial charge is 0.465 e. The number of guanidine groups is 1. The number of methoxy groups -OCH3 is 1. The van der Waals surface area contributed by atoms with Crippen LogP contribution in [-0.2, 0) is 11.3 Å². The molecule has 142 valence electrons. The van der Waals surface area contributed by atoms with Crippen LogP contribution in [0.15, 0.2) is 15.5 Å². The van der Waals surface area contributed by atoms with E-state index in [9.17, 15) is 4.79 Å². The molecule has 1 rings (SSSR count). The van der Waals surface area contributed by atoms with Crippen LogP contribution in [0.25, 0.3) is 0 Å². The zero-order chi connectivity index (χ0) is 19.0. The monoisotopic (exact) mass is 352 g/mol. The number of carbonyl (C=O) groups is 1. The number of nitrogens with zero attached hydrogens (tertiary/aromatic N) is 2. The highest BCUT2D eigenvalue weighted by molar-refractivity contribution is 5.90. The molecule has 25 heavy (non-hydrogen) atoms. The zero-order valence-electron chi connectivity index (χ0n) is 16.5. The van der Waals surface area contributed by atoms with Crippen LogP contribution >= 0.6 is 0 Å². The summed E-state index contributed by atoms with van der Waals surface area (Å²) in [6.07, 6.45) is 0. The Kier molecular flexibility index (Phi) is 8.48. The molecule has 0 aliphatic carbocycles. The summed E-state index contributed by atoms with van der Waals surface area (Å²) < 4.78 is 10.3. The van der Waals surface area contributed by atoms with E-state index in [-0.39, 0.29) is 0 Å². The molecule has 0 aliphatic heterocycles. The molecular formula is C18H32N4O3. The highest BCUT2D eigenvalue weighted by atomic mass is 16.5. The van der Waals surface area contributed by atoms with E-state index in [2.05, 4.69) is 48.2 Å². The van der Waals surface area contributed by atoms with Gasteiger partial charge < -0.3 is 19.8 Å². The van der Waals surface area contributed by atoms with Crippen molar-refractivity contribution in [2.45, 2.75) is 53.2 Å². The Bertz CT molecular complexity index is 571. The molecule has 0 bridgehead atoms. The first-order valence-electron chi connectivity index (χ1n) is 8.68. The van der Waals surface area contributed by atoms with Gasteiger partial charge in [0.2, 0.25) is 0 Å². The Hall–Kier alpha value is -2.02. The van der Waals surface area contributed by atoms with Gasteiger partial charge in [-0.25, -0.2) is 4.79 Å². The van der Waals surface area contributed by atoms with Crippen LogP contribution < -0.4 is 10.6 Å². The second-order valence-corrected chi connectivity index (χ2v) is 6.45. The number of nitrogens with one attached hydrogen (secondary N) is 2. The number of ether oxygens (including phenoxy) is 1. The summed E-state index contributed by atoms with van der Waals surface area (Å²) in [6.45, 7) is 12.7. The van der Waals surface area contributed by atoms with E-state index >= 15 is 0 Å². The van der Waals surface area contributed by atoms with Crippen molar-refractivity contribution in [3.63, 3.8) is 0 Å². The first-order chi connectivity index (χ1) is 11.8. The third-order valence-electron chi connectivity index (χ3n) is 4.02. The molecule has 1 aromatic heterocycles. The number of hydrogen-bond acceptors (Lipinski definition) is 5. The van der Waals surface area contributed by atoms with Gasteiger partial charge in [-0.05, 0) is 40.7 Å². The number of rotatable bonds is 8. The SMILES string of the molecule is CN=C(NCCN(C(C)C)C(C)C)NCc1cc(C(=O)OC)c(C)o1. The molecule has 0 radical (unpaired) electrons. The zero-order valence-corrected chi connectivity index (χ0v) is 16.5. The fourth-order valence-corrected chi connectivity index (χ4v) is 2.75. The van der Waals surface area contributed by atoms with Gasteiger partial charge >= 0.3 is 5.97 Å². The fraction of sp³-hybridized carbons (Fsp3) is 0.667. The van der Waals surface area contributed by atoms with Gasteiger partial charge in [-0.3, -0.25) is 9.89 Å². The van der Waals surface area contributed by atoms with Crippen molar-refractivity contribution in [2.75, 3.05) is 27.2 Å². The molecule has 7 nitrogen and oxygen atoms in total. The molecule has 0 amide bonds. The summed E-state index contributed by atoms with van der Waals surface area (Å²) in [6, 6.07) is 2.69. The van der Waals surface area contributed by atoms with Crippen molar-refractivity contribution in [1.82, 2.24) is 15.5 Å². The molecule has 0 spiro atoms. The van der Waals surface area contributed by atoms with Gasteiger partial charge in [0.1, 0.15) is 17.1 Å². The summed E-state index contributed by atoms with van der Waals surface area (Å²) >= 11 is 0. The van der Waals surface area contributed by atoms with Crippen LogP contribution in [0, 0.1) is 6.92 Å². The van der Waals surface area contributed by atoms with Crippen LogP contribution in [0.3, 0.4) is 0 Å². The average Bonchev–Trinajstić information content (AvgIpc) is 2.93. The number of hydrogen-bond donors (Lipinski definition) is 2. The van der Waals surface area contributed by atoms with Gasteiger partial charge in [0.15, 0.2) is 5.96 Å². The van der Waals surface area contributed by atoms with Crippen molar-refractivity contribution in [3.05, 3.63) is 23.2 Å². The van der Waals surface area contributed by atoms with Gasteiger partial charge in [0, 0.05) is 32.2 Å². The average molecular weight is 352 g/mol. The molecular weight excluding hydrogens is 320 g/mol. The minimum Gasteiger partial charge on any atom is -0.465 e. The van der Waals surface area contributed by atoms with E-state index in [4.69, 9.17) is 9.15 Å². The molecule has 0 aliphatic rings. The van der Waals surface area contributed by atoms with E-state index in [0.29, 0.717) is 41.7 Å². The van der Waals surface area contributed by atoms with Crippen LogP contribution in [0.2, 0.25) is 0 Å². The van der Waals surface area contributed by atoms with Crippen molar-refractivity contribution in [1.29, 1.82) is 0 Å². The van der Waals surface area contributed by atoms with Crippen molar-refractivity contribution in [3.8, 4) is 0 Å². The molecule has 0 saturated carbocycles. The first kappa shape index (κ1) is 21.0. The van der Waals surface area contributed by atoms with Gasteiger partial charge in [-0.2, -0.15) is 0 Å². The number of carbonyl (C=O) groups excluding carboxylic acids is 1. The lowest BCUT2D eigenvalue weighted by atomic mass is 10.2. The van der Waals surface area contributed by atoms with E-state index in [1.807, 2.05) is 0 Å². The fourth-order valence-electron chi connectivity index (χ4n) is 2.75. The van der Waals surface area contributed by atoms with Gasteiger partial charge in [0.05, 0.1) is 13.7 Å². The summed E-state index contributed by atoms with van der Waals surface area (Å²) in [5.74, 6) is 1.52. The summed E-state index contributed by atoms with van der Waals surface area (Å²) in [5.41, 5.74) is 0.451. The highest BCUT2D eigenvalue weighted by Gasteiger charge is 2.16. The maximum absolute atomic E-state index is 11.6. The van der Waals surface area contributed by atoms with E-state index in [0.717, 1.165) is 13.1 Å². The first-order valence-corrected chi connectivity index (χ1v) is 8.68. The standard InChI is InChI=1S/C18H32N4O3/c1-12(2)22(13(3)4)9-8-20-18(19-6)21-11-15-10-16(14(5)25-15)17(23)24-7/h10,12-13H,8-9,11H2,1-7H3,(H2,19,20,21). The van der Waals surface area contributed by atoms with Gasteiger partial charge in [-0.15, -0.1) is 0 Å². The Morgan fingerprint density at radius 3 is 2.44 bits per heavy atom. The molecule has 0 fully saturated rings. The van der Waals surface area contributed by atoms with E-state index in [1.54, 1.807) is 20.0 Å². The molecule has 2 N–H and O–H groups in total. The van der Waals surface area contributed by atoms with E-state index in [1.165, 1.54) is 7.11 Å². The maximum atomic E-state index is 11.6. The minimum atomic E-state index is -0.391. The predicted molar refractivity (Wildman–Crippen MR) is 100.0 cm³/mol. The molecule has 7 heteroatoms. The Balaban J connectivity index is 2.51. The van der Waals surface area contributed by atoms with Crippen molar-refractivity contribution in [2.24, 2.45) is 4.99 Å². The Morgan fingerprint density at radius 2 is 1.92 bits per heavy atom. The molecule has 0 aromatic carbocycles. The lowest BCUT2D eigenvalue weighted by Gasteiger charge is -2.30. The highest BCUT2D eigenvalue weighted by Crippen LogP contribution is 2.15. The third kappa shape index (κ3) is 6.42. The summed E-state index contributed by atoms with van der Waals surface area (Å²) in [4.78, 5) is 18.2. The normalized spacial score (nSPS) is 12.2. The topological polar surface area (TPSA) is 79.1 Å². The van der Waals surface area contributed by atoms with Crippen molar-refractivity contribution < 1.29 is 13.9 Å².